The van der Waals surface area contributed by atoms with Crippen LogP contribution in [0.1, 0.15) is 23.8 Å². The molecule has 2 rings (SSSR count). The second kappa shape index (κ2) is 6.11. The number of aliphatic hydroxyl groups excluding tert-OH is 1. The lowest BCUT2D eigenvalue weighted by Crippen LogP contribution is -2.46. The van der Waals surface area contributed by atoms with E-state index in [0.717, 1.165) is 23.3 Å². The molecule has 1 N–H and O–H groups in total. The number of ether oxygens (including phenoxy) is 1. The fourth-order valence-corrected chi connectivity index (χ4v) is 5.50. The molecule has 0 spiro atoms. The van der Waals surface area contributed by atoms with E-state index in [1.807, 2.05) is 6.92 Å². The lowest BCUT2D eigenvalue weighted by atomic mass is 9.97. The topological polar surface area (TPSA) is 66.8 Å². The van der Waals surface area contributed by atoms with Gasteiger partial charge in [-0.2, -0.15) is 4.31 Å². The molecule has 7 heteroatoms. The van der Waals surface area contributed by atoms with Gasteiger partial charge in [0.25, 0.3) is 10.0 Å². The van der Waals surface area contributed by atoms with Crippen LogP contribution < -0.4 is 0 Å². The van der Waals surface area contributed by atoms with Crippen molar-refractivity contribution < 1.29 is 18.3 Å². The number of thiophene rings is 1. The standard InChI is InChI=1S/C13H21NO4S2/c1-9-4-5-14(7-11(9)18-3)20(16,17)13-6-10(2)12(8-15)19-13/h6,9,11,15H,4-5,7-8H2,1-3H3. The normalized spacial score (nSPS) is 25.0. The van der Waals surface area contributed by atoms with Crippen molar-refractivity contribution in [1.82, 2.24) is 4.31 Å². The van der Waals surface area contributed by atoms with Crippen molar-refractivity contribution in [1.29, 1.82) is 0 Å². The molecule has 0 aliphatic carbocycles. The highest BCUT2D eigenvalue weighted by atomic mass is 32.2. The Bertz CT molecular complexity index is 567. The van der Waals surface area contributed by atoms with Crippen LogP contribution >= 0.6 is 11.3 Å². The van der Waals surface area contributed by atoms with Crippen molar-refractivity contribution in [3.63, 3.8) is 0 Å². The van der Waals surface area contributed by atoms with Crippen LogP contribution in [0.3, 0.4) is 0 Å². The lowest BCUT2D eigenvalue weighted by molar-refractivity contribution is 0.0184. The molecule has 0 saturated carbocycles. The van der Waals surface area contributed by atoms with Gasteiger partial charge in [-0.1, -0.05) is 6.92 Å². The molecule has 2 atom stereocenters. The third-order valence-corrected chi connectivity index (χ3v) is 7.43. The van der Waals surface area contributed by atoms with E-state index in [1.54, 1.807) is 13.2 Å². The summed E-state index contributed by atoms with van der Waals surface area (Å²) >= 11 is 1.15. The van der Waals surface area contributed by atoms with Crippen molar-refractivity contribution in [3.05, 3.63) is 16.5 Å². The van der Waals surface area contributed by atoms with Gasteiger partial charge in [-0.15, -0.1) is 11.3 Å². The van der Waals surface area contributed by atoms with Crippen LogP contribution in [0.2, 0.25) is 0 Å². The van der Waals surface area contributed by atoms with Crippen LogP contribution in [-0.4, -0.2) is 44.1 Å². The molecule has 2 heterocycles. The van der Waals surface area contributed by atoms with Gasteiger partial charge >= 0.3 is 0 Å². The molecule has 20 heavy (non-hydrogen) atoms. The molecule has 114 valence electrons. The number of hydrogen-bond acceptors (Lipinski definition) is 5. The number of sulfonamides is 1. The first kappa shape index (κ1) is 15.9. The van der Waals surface area contributed by atoms with Crippen LogP contribution in [0.25, 0.3) is 0 Å². The minimum absolute atomic E-state index is 0.0584. The van der Waals surface area contributed by atoms with Gasteiger partial charge in [0.05, 0.1) is 12.7 Å². The van der Waals surface area contributed by atoms with Gasteiger partial charge in [-0.25, -0.2) is 8.42 Å². The molecule has 0 bridgehead atoms. The molecule has 5 nitrogen and oxygen atoms in total. The smallest absolute Gasteiger partial charge is 0.252 e. The largest absolute Gasteiger partial charge is 0.391 e. The summed E-state index contributed by atoms with van der Waals surface area (Å²) in [5, 5.41) is 9.20. The Morgan fingerprint density at radius 3 is 2.80 bits per heavy atom. The Balaban J connectivity index is 2.25. The summed E-state index contributed by atoms with van der Waals surface area (Å²) in [7, 11) is -1.86. The molecular weight excluding hydrogens is 298 g/mol. The van der Waals surface area contributed by atoms with E-state index in [-0.39, 0.29) is 12.7 Å². The maximum absolute atomic E-state index is 12.6. The van der Waals surface area contributed by atoms with Gasteiger partial charge in [0.2, 0.25) is 0 Å². The molecule has 1 aliphatic heterocycles. The SMILES string of the molecule is COC1CN(S(=O)(=O)c2cc(C)c(CO)s2)CCC1C. The molecule has 0 radical (unpaired) electrons. The van der Waals surface area contributed by atoms with Gasteiger partial charge in [0, 0.05) is 25.1 Å². The highest BCUT2D eigenvalue weighted by molar-refractivity contribution is 7.91. The zero-order valence-electron chi connectivity index (χ0n) is 12.0. The Morgan fingerprint density at radius 1 is 1.55 bits per heavy atom. The first-order valence-electron chi connectivity index (χ1n) is 6.63. The highest BCUT2D eigenvalue weighted by Gasteiger charge is 2.34. The summed E-state index contributed by atoms with van der Waals surface area (Å²) in [5.41, 5.74) is 0.824. The van der Waals surface area contributed by atoms with Crippen LogP contribution in [0.15, 0.2) is 10.3 Å². The fourth-order valence-electron chi connectivity index (χ4n) is 2.43. The number of aliphatic hydroxyl groups is 1. The summed E-state index contributed by atoms with van der Waals surface area (Å²) < 4.78 is 32.4. The monoisotopic (exact) mass is 319 g/mol. The van der Waals surface area contributed by atoms with Crippen LogP contribution in [0.4, 0.5) is 0 Å². The Morgan fingerprint density at radius 2 is 2.25 bits per heavy atom. The fraction of sp³-hybridized carbons (Fsp3) is 0.692. The number of methoxy groups -OCH3 is 1. The number of hydrogen-bond donors (Lipinski definition) is 1. The molecule has 2 unspecified atom stereocenters. The summed E-state index contributed by atoms with van der Waals surface area (Å²) in [6.07, 6.45) is 0.742. The number of piperidine rings is 1. The van der Waals surface area contributed by atoms with Gasteiger partial charge in [0.15, 0.2) is 0 Å². The average molecular weight is 319 g/mol. The van der Waals surface area contributed by atoms with Crippen molar-refractivity contribution in [3.8, 4) is 0 Å². The molecule has 0 amide bonds. The van der Waals surface area contributed by atoms with E-state index < -0.39 is 10.0 Å². The minimum Gasteiger partial charge on any atom is -0.391 e. The van der Waals surface area contributed by atoms with Gasteiger partial charge in [-0.3, -0.25) is 0 Å². The maximum atomic E-state index is 12.6. The molecule has 0 aromatic carbocycles. The quantitative estimate of drug-likeness (QED) is 0.915. The molecule has 1 saturated heterocycles. The Kier molecular flexibility index (Phi) is 4.86. The average Bonchev–Trinajstić information content (AvgIpc) is 2.81. The zero-order valence-corrected chi connectivity index (χ0v) is 13.6. The minimum atomic E-state index is -3.48. The summed E-state index contributed by atoms with van der Waals surface area (Å²) in [6, 6.07) is 1.64. The molecule has 1 aromatic heterocycles. The molecule has 1 aliphatic rings. The van der Waals surface area contributed by atoms with Crippen LogP contribution in [0.5, 0.6) is 0 Å². The van der Waals surface area contributed by atoms with Gasteiger partial charge in [0.1, 0.15) is 4.21 Å². The van der Waals surface area contributed by atoms with E-state index in [9.17, 15) is 13.5 Å². The van der Waals surface area contributed by atoms with E-state index in [4.69, 9.17) is 4.74 Å². The predicted octanol–water partition coefficient (Wildman–Crippen LogP) is 1.59. The number of aryl methyl sites for hydroxylation is 1. The van der Waals surface area contributed by atoms with E-state index in [1.165, 1.54) is 4.31 Å². The Hall–Kier alpha value is -0.470. The second-order valence-corrected chi connectivity index (χ2v) is 8.53. The van der Waals surface area contributed by atoms with Crippen molar-refractivity contribution in [2.45, 2.75) is 37.2 Å². The van der Waals surface area contributed by atoms with Gasteiger partial charge in [-0.05, 0) is 30.9 Å². The van der Waals surface area contributed by atoms with E-state index >= 15 is 0 Å². The number of rotatable bonds is 4. The zero-order chi connectivity index (χ0) is 14.9. The van der Waals surface area contributed by atoms with E-state index in [2.05, 4.69) is 6.92 Å². The van der Waals surface area contributed by atoms with Gasteiger partial charge < -0.3 is 9.84 Å². The van der Waals surface area contributed by atoms with Crippen LogP contribution in [-0.2, 0) is 21.4 Å². The second-order valence-electron chi connectivity index (χ2n) is 5.23. The first-order valence-corrected chi connectivity index (χ1v) is 8.89. The summed E-state index contributed by atoms with van der Waals surface area (Å²) in [5.74, 6) is 0.365. The summed E-state index contributed by atoms with van der Waals surface area (Å²) in [4.78, 5) is 0.706. The number of nitrogens with zero attached hydrogens (tertiary/aromatic N) is 1. The Labute approximate surface area is 124 Å². The summed E-state index contributed by atoms with van der Waals surface area (Å²) in [6.45, 7) is 4.69. The highest BCUT2D eigenvalue weighted by Crippen LogP contribution is 2.31. The molecule has 1 fully saturated rings. The predicted molar refractivity (Wildman–Crippen MR) is 78.3 cm³/mol. The van der Waals surface area contributed by atoms with E-state index in [0.29, 0.717) is 28.1 Å². The molecule has 1 aromatic rings. The van der Waals surface area contributed by atoms with Crippen molar-refractivity contribution in [2.75, 3.05) is 20.2 Å². The third kappa shape index (κ3) is 2.92. The van der Waals surface area contributed by atoms with Crippen molar-refractivity contribution >= 4 is 21.4 Å². The maximum Gasteiger partial charge on any atom is 0.252 e. The lowest BCUT2D eigenvalue weighted by Gasteiger charge is -2.35. The van der Waals surface area contributed by atoms with Crippen molar-refractivity contribution in [2.24, 2.45) is 5.92 Å². The molecular formula is C13H21NO4S2. The third-order valence-electron chi connectivity index (χ3n) is 3.89. The van der Waals surface area contributed by atoms with Crippen LogP contribution in [0, 0.1) is 12.8 Å². The first-order chi connectivity index (χ1) is 9.40.